The number of fused-ring (bicyclic) bond motifs is 7. The molecule has 0 atom stereocenters. The Bertz CT molecular complexity index is 3530. The van der Waals surface area contributed by atoms with Gasteiger partial charge in [0.2, 0.25) is 0 Å². The van der Waals surface area contributed by atoms with E-state index in [4.69, 9.17) is 19.4 Å². The van der Waals surface area contributed by atoms with Crippen molar-refractivity contribution in [1.82, 2.24) is 15.0 Å². The second-order valence-corrected chi connectivity index (χ2v) is 16.2. The van der Waals surface area contributed by atoms with Gasteiger partial charge in [-0.3, -0.25) is 0 Å². The van der Waals surface area contributed by atoms with Crippen LogP contribution in [0, 0.1) is 0 Å². The lowest BCUT2D eigenvalue weighted by Gasteiger charge is -2.12. The number of furan rings is 1. The van der Waals surface area contributed by atoms with Crippen molar-refractivity contribution in [2.45, 2.75) is 12.8 Å². The minimum absolute atomic E-state index is 0.683. The Hall–Kier alpha value is -8.21. The normalized spacial score (nSPS) is 12.3. The van der Waals surface area contributed by atoms with Crippen LogP contribution in [0.4, 0.5) is 0 Å². The highest BCUT2D eigenvalue weighted by Crippen LogP contribution is 2.37. The van der Waals surface area contributed by atoms with Gasteiger partial charge in [0.1, 0.15) is 11.1 Å². The van der Waals surface area contributed by atoms with Crippen molar-refractivity contribution in [3.8, 4) is 78.5 Å². The van der Waals surface area contributed by atoms with Crippen LogP contribution in [-0.4, -0.2) is 15.0 Å². The van der Waals surface area contributed by atoms with E-state index in [1.807, 2.05) is 12.1 Å². The Labute approximate surface area is 364 Å². The van der Waals surface area contributed by atoms with E-state index >= 15 is 0 Å². The van der Waals surface area contributed by atoms with E-state index in [0.29, 0.717) is 5.82 Å². The molecule has 1 aliphatic rings. The SMILES string of the molecule is C1=c2oc3c(-c4cccc(-c5ccc(-c6cc(-c7ccc(-c8ccccc8)cc7)nc(-c7ccc(-c8ccccc8)cc7)n6)cc5)c4)nc4ccc5ccccc5c4c3c2=CCC1. The third-order valence-corrected chi connectivity index (χ3v) is 12.3. The minimum Gasteiger partial charge on any atom is -0.454 e. The highest BCUT2D eigenvalue weighted by molar-refractivity contribution is 6.20. The predicted molar refractivity (Wildman–Crippen MR) is 260 cm³/mol. The number of pyridine rings is 1. The molecule has 8 aromatic carbocycles. The van der Waals surface area contributed by atoms with E-state index in [2.05, 4.69) is 200 Å². The van der Waals surface area contributed by atoms with Gasteiger partial charge < -0.3 is 4.42 Å². The maximum absolute atomic E-state index is 6.72. The molecule has 0 saturated heterocycles. The van der Waals surface area contributed by atoms with Gasteiger partial charge in [-0.15, -0.1) is 0 Å². The lowest BCUT2D eigenvalue weighted by Crippen LogP contribution is -2.22. The van der Waals surface area contributed by atoms with Crippen LogP contribution < -0.4 is 10.6 Å². The summed E-state index contributed by atoms with van der Waals surface area (Å²) in [7, 11) is 0. The molecule has 3 heterocycles. The quantitative estimate of drug-likeness (QED) is 0.151. The lowest BCUT2D eigenvalue weighted by atomic mass is 9.96. The first-order valence-electron chi connectivity index (χ1n) is 21.6. The molecular formula is C59H39N3O. The van der Waals surface area contributed by atoms with Crippen molar-refractivity contribution >= 4 is 44.8 Å². The van der Waals surface area contributed by atoms with Gasteiger partial charge in [0.25, 0.3) is 0 Å². The molecule has 296 valence electrons. The molecule has 12 rings (SSSR count). The van der Waals surface area contributed by atoms with E-state index in [0.717, 1.165) is 96.2 Å². The number of aromatic nitrogens is 3. The van der Waals surface area contributed by atoms with Crippen molar-refractivity contribution in [1.29, 1.82) is 0 Å². The Morgan fingerprint density at radius 2 is 0.889 bits per heavy atom. The highest BCUT2D eigenvalue weighted by atomic mass is 16.3. The molecule has 0 unspecified atom stereocenters. The minimum atomic E-state index is 0.683. The summed E-state index contributed by atoms with van der Waals surface area (Å²) in [5.74, 6) is 0.683. The summed E-state index contributed by atoms with van der Waals surface area (Å²) in [5.41, 5.74) is 16.3. The summed E-state index contributed by atoms with van der Waals surface area (Å²) < 4.78 is 6.72. The standard InChI is InChI=1S/C59H39N3O/c1-3-12-38(13-4-1)40-22-28-44(29-23-40)52-37-53(62-59(61-52)46-32-26-41(27-33-46)39-14-5-2-6-15-39)45-30-24-42(25-31-45)47-17-11-18-48(36-47)57-58-56(50-20-9-10-21-54(50)63-58)55-49-19-8-7-16-43(49)34-35-51(55)60-57/h1-8,11-37H,9-10H2. The maximum Gasteiger partial charge on any atom is 0.162 e. The van der Waals surface area contributed by atoms with E-state index in [-0.39, 0.29) is 0 Å². The van der Waals surface area contributed by atoms with Crippen molar-refractivity contribution in [3.05, 3.63) is 211 Å². The fraction of sp³-hybridized carbons (Fsp3) is 0.0339. The van der Waals surface area contributed by atoms with Crippen LogP contribution in [0.1, 0.15) is 12.8 Å². The van der Waals surface area contributed by atoms with Gasteiger partial charge >= 0.3 is 0 Å². The Morgan fingerprint density at radius 1 is 0.365 bits per heavy atom. The molecule has 11 aromatic rings. The number of rotatable bonds is 7. The monoisotopic (exact) mass is 805 g/mol. The van der Waals surface area contributed by atoms with Crippen LogP contribution in [0.25, 0.3) is 123 Å². The zero-order valence-electron chi connectivity index (χ0n) is 34.4. The summed E-state index contributed by atoms with van der Waals surface area (Å²) in [6.07, 6.45) is 6.53. The first-order valence-corrected chi connectivity index (χ1v) is 21.6. The summed E-state index contributed by atoms with van der Waals surface area (Å²) in [5, 5.41) is 5.87. The van der Waals surface area contributed by atoms with Gasteiger partial charge in [0.15, 0.2) is 11.4 Å². The van der Waals surface area contributed by atoms with Gasteiger partial charge in [-0.25, -0.2) is 15.0 Å². The molecule has 0 aliphatic heterocycles. The predicted octanol–water partition coefficient (Wildman–Crippen LogP) is 13.9. The van der Waals surface area contributed by atoms with Crippen LogP contribution in [0.2, 0.25) is 0 Å². The molecule has 0 bridgehead atoms. The average Bonchev–Trinajstić information content (AvgIpc) is 3.76. The van der Waals surface area contributed by atoms with Gasteiger partial charge in [-0.05, 0) is 81.3 Å². The molecule has 4 heteroatoms. The van der Waals surface area contributed by atoms with Crippen LogP contribution in [0.5, 0.6) is 0 Å². The molecule has 1 aliphatic carbocycles. The van der Waals surface area contributed by atoms with Gasteiger partial charge in [-0.2, -0.15) is 0 Å². The molecule has 0 amide bonds. The summed E-state index contributed by atoms with van der Waals surface area (Å²) in [6, 6.07) is 70.4. The molecule has 0 fully saturated rings. The highest BCUT2D eigenvalue weighted by Gasteiger charge is 2.20. The number of hydrogen-bond acceptors (Lipinski definition) is 4. The Morgan fingerprint density at radius 3 is 1.56 bits per heavy atom. The average molecular weight is 806 g/mol. The number of benzene rings is 8. The second-order valence-electron chi connectivity index (χ2n) is 16.2. The molecule has 0 N–H and O–H groups in total. The third-order valence-electron chi connectivity index (χ3n) is 12.3. The van der Waals surface area contributed by atoms with Crippen LogP contribution in [0.3, 0.4) is 0 Å². The number of nitrogens with zero attached hydrogens (tertiary/aromatic N) is 3. The van der Waals surface area contributed by atoms with Crippen LogP contribution in [0.15, 0.2) is 205 Å². The first-order chi connectivity index (χ1) is 31.2. The van der Waals surface area contributed by atoms with Crippen molar-refractivity contribution in [2.24, 2.45) is 0 Å². The molecule has 0 saturated carbocycles. The van der Waals surface area contributed by atoms with Crippen molar-refractivity contribution in [3.63, 3.8) is 0 Å². The van der Waals surface area contributed by atoms with Crippen LogP contribution >= 0.6 is 0 Å². The smallest absolute Gasteiger partial charge is 0.162 e. The topological polar surface area (TPSA) is 51.8 Å². The fourth-order valence-electron chi connectivity index (χ4n) is 9.11. The fourth-order valence-corrected chi connectivity index (χ4v) is 9.11. The second kappa shape index (κ2) is 15.4. The summed E-state index contributed by atoms with van der Waals surface area (Å²) in [4.78, 5) is 15.7. The Balaban J connectivity index is 0.928. The van der Waals surface area contributed by atoms with Crippen molar-refractivity contribution < 1.29 is 4.42 Å². The lowest BCUT2D eigenvalue weighted by molar-refractivity contribution is 0.572. The molecule has 3 aromatic heterocycles. The molecule has 0 radical (unpaired) electrons. The summed E-state index contributed by atoms with van der Waals surface area (Å²) in [6.45, 7) is 0. The molecule has 4 nitrogen and oxygen atoms in total. The van der Waals surface area contributed by atoms with E-state index in [1.165, 1.54) is 32.7 Å². The Kier molecular flexibility index (Phi) is 8.93. The third kappa shape index (κ3) is 6.70. The van der Waals surface area contributed by atoms with Gasteiger partial charge in [-0.1, -0.05) is 188 Å². The first kappa shape index (κ1) is 36.6. The zero-order valence-corrected chi connectivity index (χ0v) is 34.4. The zero-order chi connectivity index (χ0) is 41.7. The molecular weight excluding hydrogens is 767 g/mol. The van der Waals surface area contributed by atoms with Gasteiger partial charge in [0, 0.05) is 38.2 Å². The van der Waals surface area contributed by atoms with Gasteiger partial charge in [0.05, 0.1) is 16.9 Å². The number of hydrogen-bond donors (Lipinski definition) is 0. The molecule has 63 heavy (non-hydrogen) atoms. The largest absolute Gasteiger partial charge is 0.454 e. The van der Waals surface area contributed by atoms with Crippen molar-refractivity contribution in [2.75, 3.05) is 0 Å². The van der Waals surface area contributed by atoms with E-state index in [1.54, 1.807) is 0 Å². The van der Waals surface area contributed by atoms with E-state index in [9.17, 15) is 0 Å². The maximum atomic E-state index is 6.72. The summed E-state index contributed by atoms with van der Waals surface area (Å²) >= 11 is 0. The van der Waals surface area contributed by atoms with Crippen LogP contribution in [-0.2, 0) is 0 Å². The molecule has 0 spiro atoms. The van der Waals surface area contributed by atoms with E-state index < -0.39 is 0 Å².